The Hall–Kier alpha value is -0.670. The van der Waals surface area contributed by atoms with Crippen LogP contribution < -0.4 is 0 Å². The molecule has 1 N–H and O–H groups in total. The van der Waals surface area contributed by atoms with Crippen LogP contribution in [0, 0.1) is 5.92 Å². The van der Waals surface area contributed by atoms with Crippen LogP contribution in [-0.2, 0) is 10.8 Å². The lowest BCUT2D eigenvalue weighted by atomic mass is 10.1. The molecule has 2 nitrogen and oxygen atoms in total. The van der Waals surface area contributed by atoms with Crippen molar-refractivity contribution in [3.05, 3.63) is 29.8 Å². The second-order valence-corrected chi connectivity index (χ2v) is 5.19. The van der Waals surface area contributed by atoms with E-state index < -0.39 is 10.8 Å². The third-order valence-electron chi connectivity index (χ3n) is 2.62. The molecule has 2 rings (SSSR count). The van der Waals surface area contributed by atoms with Gasteiger partial charge in [-0.3, -0.25) is 4.21 Å². The molecule has 1 saturated carbocycles. The zero-order chi connectivity index (χ0) is 10.1. The van der Waals surface area contributed by atoms with E-state index in [1.807, 2.05) is 24.3 Å². The maximum atomic E-state index is 11.1. The van der Waals surface area contributed by atoms with Gasteiger partial charge in [0.2, 0.25) is 0 Å². The van der Waals surface area contributed by atoms with Gasteiger partial charge in [0.05, 0.1) is 6.10 Å². The van der Waals surface area contributed by atoms with Gasteiger partial charge >= 0.3 is 0 Å². The molecule has 1 aromatic rings. The first kappa shape index (κ1) is 9.87. The van der Waals surface area contributed by atoms with Gasteiger partial charge in [-0.1, -0.05) is 12.1 Å². The van der Waals surface area contributed by atoms with Crippen molar-refractivity contribution in [2.24, 2.45) is 5.92 Å². The fourth-order valence-electron chi connectivity index (χ4n) is 1.54. The van der Waals surface area contributed by atoms with Gasteiger partial charge in [0.15, 0.2) is 0 Å². The average molecular weight is 210 g/mol. The van der Waals surface area contributed by atoms with Gasteiger partial charge in [-0.15, -0.1) is 0 Å². The number of aliphatic hydroxyl groups excluding tert-OH is 1. The molecule has 14 heavy (non-hydrogen) atoms. The van der Waals surface area contributed by atoms with Crippen LogP contribution in [0.2, 0.25) is 0 Å². The lowest BCUT2D eigenvalue weighted by Crippen LogP contribution is -1.99. The van der Waals surface area contributed by atoms with Crippen LogP contribution in [0.5, 0.6) is 0 Å². The van der Waals surface area contributed by atoms with Crippen molar-refractivity contribution in [3.63, 3.8) is 0 Å². The Balaban J connectivity index is 2.16. The van der Waals surface area contributed by atoms with E-state index in [0.29, 0.717) is 5.92 Å². The highest BCUT2D eigenvalue weighted by molar-refractivity contribution is 7.84. The first-order valence-corrected chi connectivity index (χ1v) is 6.36. The van der Waals surface area contributed by atoms with Gasteiger partial charge < -0.3 is 5.11 Å². The van der Waals surface area contributed by atoms with E-state index in [9.17, 15) is 9.32 Å². The molecule has 0 saturated heterocycles. The second-order valence-electron chi connectivity index (χ2n) is 3.81. The van der Waals surface area contributed by atoms with E-state index in [1.54, 1.807) is 6.26 Å². The third kappa shape index (κ3) is 2.04. The predicted molar refractivity (Wildman–Crippen MR) is 56.5 cm³/mol. The Kier molecular flexibility index (Phi) is 2.70. The maximum absolute atomic E-state index is 11.1. The molecule has 2 atom stereocenters. The van der Waals surface area contributed by atoms with Crippen LogP contribution in [0.1, 0.15) is 24.5 Å². The summed E-state index contributed by atoms with van der Waals surface area (Å²) in [6.45, 7) is 0. The summed E-state index contributed by atoms with van der Waals surface area (Å²) in [7, 11) is -0.927. The Morgan fingerprint density at radius 1 is 1.36 bits per heavy atom. The summed E-state index contributed by atoms with van der Waals surface area (Å²) in [6.07, 6.45) is 3.59. The molecule has 76 valence electrons. The van der Waals surface area contributed by atoms with Crippen LogP contribution in [0.25, 0.3) is 0 Å². The van der Waals surface area contributed by atoms with Crippen molar-refractivity contribution in [2.75, 3.05) is 6.26 Å². The van der Waals surface area contributed by atoms with Crippen LogP contribution in [0.15, 0.2) is 29.2 Å². The molecule has 0 heterocycles. The number of hydrogen-bond donors (Lipinski definition) is 1. The van der Waals surface area contributed by atoms with E-state index in [0.717, 1.165) is 23.3 Å². The summed E-state index contributed by atoms with van der Waals surface area (Å²) in [5, 5.41) is 9.81. The van der Waals surface area contributed by atoms with Gasteiger partial charge in [-0.2, -0.15) is 0 Å². The first-order chi connectivity index (χ1) is 6.68. The molecule has 2 unspecified atom stereocenters. The number of aliphatic hydroxyl groups is 1. The number of rotatable bonds is 3. The Labute approximate surface area is 86.4 Å². The molecule has 3 heteroatoms. The molecular weight excluding hydrogens is 196 g/mol. The second kappa shape index (κ2) is 3.83. The van der Waals surface area contributed by atoms with Gasteiger partial charge in [0, 0.05) is 22.0 Å². The van der Waals surface area contributed by atoms with Crippen molar-refractivity contribution in [1.29, 1.82) is 0 Å². The molecule has 0 aliphatic heterocycles. The van der Waals surface area contributed by atoms with Gasteiger partial charge in [-0.05, 0) is 36.5 Å². The van der Waals surface area contributed by atoms with Crippen LogP contribution in [-0.4, -0.2) is 15.6 Å². The average Bonchev–Trinajstić information content (AvgIpc) is 3.00. The zero-order valence-electron chi connectivity index (χ0n) is 8.14. The summed E-state index contributed by atoms with van der Waals surface area (Å²) in [4.78, 5) is 0.816. The summed E-state index contributed by atoms with van der Waals surface area (Å²) in [5.41, 5.74) is 0.946. The standard InChI is InChI=1S/C11H14O2S/c1-14(13)10-6-4-9(5-7-10)11(12)8-2-3-8/h4-8,11-12H,2-3H2,1H3. The lowest BCUT2D eigenvalue weighted by Gasteiger charge is -2.09. The van der Waals surface area contributed by atoms with Gasteiger partial charge in [0.1, 0.15) is 0 Å². The van der Waals surface area contributed by atoms with Crippen molar-refractivity contribution >= 4 is 10.8 Å². The summed E-state index contributed by atoms with van der Waals surface area (Å²) < 4.78 is 11.1. The topological polar surface area (TPSA) is 37.3 Å². The van der Waals surface area contributed by atoms with Crippen LogP contribution in [0.3, 0.4) is 0 Å². The monoisotopic (exact) mass is 210 g/mol. The van der Waals surface area contributed by atoms with Crippen molar-refractivity contribution < 1.29 is 9.32 Å². The highest BCUT2D eigenvalue weighted by atomic mass is 32.2. The summed E-state index contributed by atoms with van der Waals surface area (Å²) in [6, 6.07) is 7.41. The van der Waals surface area contributed by atoms with Crippen molar-refractivity contribution in [2.45, 2.75) is 23.8 Å². The van der Waals surface area contributed by atoms with E-state index in [-0.39, 0.29) is 6.10 Å². The quantitative estimate of drug-likeness (QED) is 0.827. The number of benzene rings is 1. The molecule has 0 bridgehead atoms. The predicted octanol–water partition coefficient (Wildman–Crippen LogP) is 1.87. The van der Waals surface area contributed by atoms with Gasteiger partial charge in [-0.25, -0.2) is 0 Å². The zero-order valence-corrected chi connectivity index (χ0v) is 8.96. The molecule has 1 fully saturated rings. The molecule has 0 radical (unpaired) electrons. The molecular formula is C11H14O2S. The van der Waals surface area contributed by atoms with Crippen molar-refractivity contribution in [1.82, 2.24) is 0 Å². The Morgan fingerprint density at radius 2 is 1.93 bits per heavy atom. The minimum atomic E-state index is -0.927. The smallest absolute Gasteiger partial charge is 0.0818 e. The lowest BCUT2D eigenvalue weighted by molar-refractivity contribution is 0.154. The van der Waals surface area contributed by atoms with Gasteiger partial charge in [0.25, 0.3) is 0 Å². The molecule has 0 spiro atoms. The minimum Gasteiger partial charge on any atom is -0.388 e. The molecule has 1 aliphatic carbocycles. The van der Waals surface area contributed by atoms with E-state index in [2.05, 4.69) is 0 Å². The molecule has 0 amide bonds. The molecule has 1 aliphatic rings. The molecule has 1 aromatic carbocycles. The Bertz CT molecular complexity index is 341. The first-order valence-electron chi connectivity index (χ1n) is 4.80. The summed E-state index contributed by atoms with van der Waals surface area (Å²) in [5.74, 6) is 0.452. The Morgan fingerprint density at radius 3 is 2.36 bits per heavy atom. The van der Waals surface area contributed by atoms with Crippen LogP contribution >= 0.6 is 0 Å². The fraction of sp³-hybridized carbons (Fsp3) is 0.455. The van der Waals surface area contributed by atoms with E-state index in [1.165, 1.54) is 0 Å². The third-order valence-corrected chi connectivity index (χ3v) is 3.56. The summed E-state index contributed by atoms with van der Waals surface area (Å²) >= 11 is 0. The largest absolute Gasteiger partial charge is 0.388 e. The fourth-order valence-corrected chi connectivity index (χ4v) is 2.06. The minimum absolute atomic E-state index is 0.325. The highest BCUT2D eigenvalue weighted by Gasteiger charge is 2.30. The molecule has 0 aromatic heterocycles. The van der Waals surface area contributed by atoms with E-state index in [4.69, 9.17) is 0 Å². The van der Waals surface area contributed by atoms with E-state index >= 15 is 0 Å². The normalized spacial score (nSPS) is 20.4. The SMILES string of the molecule is CS(=O)c1ccc(C(O)C2CC2)cc1. The number of hydrogen-bond acceptors (Lipinski definition) is 2. The van der Waals surface area contributed by atoms with Crippen molar-refractivity contribution in [3.8, 4) is 0 Å². The maximum Gasteiger partial charge on any atom is 0.0818 e. The highest BCUT2D eigenvalue weighted by Crippen LogP contribution is 2.40. The van der Waals surface area contributed by atoms with Crippen LogP contribution in [0.4, 0.5) is 0 Å².